The van der Waals surface area contributed by atoms with Crippen LogP contribution in [0.25, 0.3) is 0 Å². The van der Waals surface area contributed by atoms with E-state index in [0.29, 0.717) is 12.5 Å². The van der Waals surface area contributed by atoms with Crippen molar-refractivity contribution in [1.82, 2.24) is 15.5 Å². The quantitative estimate of drug-likeness (QED) is 0.583. The van der Waals surface area contributed by atoms with Gasteiger partial charge >= 0.3 is 0 Å². The molecule has 31 heavy (non-hydrogen) atoms. The maximum Gasteiger partial charge on any atom is 0.287 e. The van der Waals surface area contributed by atoms with E-state index in [1.54, 1.807) is 17.0 Å². The largest absolute Gasteiger partial charge is 0.459 e. The van der Waals surface area contributed by atoms with Gasteiger partial charge in [-0.1, -0.05) is 32.8 Å². The van der Waals surface area contributed by atoms with Crippen LogP contribution in [0.1, 0.15) is 67.4 Å². The van der Waals surface area contributed by atoms with Gasteiger partial charge in [-0.15, -0.1) is 11.3 Å². The highest BCUT2D eigenvalue weighted by atomic mass is 32.1. The molecule has 0 saturated heterocycles. The van der Waals surface area contributed by atoms with Gasteiger partial charge in [-0.2, -0.15) is 0 Å². The van der Waals surface area contributed by atoms with E-state index in [2.05, 4.69) is 24.5 Å². The van der Waals surface area contributed by atoms with Crippen LogP contribution in [0.5, 0.6) is 0 Å². The van der Waals surface area contributed by atoms with Gasteiger partial charge in [0.1, 0.15) is 6.04 Å². The highest BCUT2D eigenvalue weighted by molar-refractivity contribution is 7.10. The highest BCUT2D eigenvalue weighted by Crippen LogP contribution is 2.28. The van der Waals surface area contributed by atoms with Crippen LogP contribution in [0.15, 0.2) is 40.3 Å². The van der Waals surface area contributed by atoms with Crippen LogP contribution in [-0.4, -0.2) is 41.8 Å². The van der Waals surface area contributed by atoms with Gasteiger partial charge in [-0.25, -0.2) is 0 Å². The third-order valence-corrected chi connectivity index (χ3v) is 6.41. The molecule has 1 atom stereocenters. The molecule has 0 unspecified atom stereocenters. The minimum absolute atomic E-state index is 0.148. The molecule has 1 fully saturated rings. The van der Waals surface area contributed by atoms with Gasteiger partial charge in [-0.3, -0.25) is 14.4 Å². The van der Waals surface area contributed by atoms with Crippen LogP contribution in [0.4, 0.5) is 0 Å². The summed E-state index contributed by atoms with van der Waals surface area (Å²) in [5.74, 6) is -0.375. The number of nitrogens with one attached hydrogen (secondary N) is 2. The van der Waals surface area contributed by atoms with Gasteiger partial charge in [-0.05, 0) is 48.8 Å². The van der Waals surface area contributed by atoms with Crippen LogP contribution < -0.4 is 10.6 Å². The third kappa shape index (κ3) is 6.43. The minimum atomic E-state index is -0.702. The first-order chi connectivity index (χ1) is 15.0. The van der Waals surface area contributed by atoms with Gasteiger partial charge in [0.05, 0.1) is 12.8 Å². The molecule has 0 bridgehead atoms. The van der Waals surface area contributed by atoms with Crippen LogP contribution in [0.3, 0.4) is 0 Å². The van der Waals surface area contributed by atoms with Crippen molar-refractivity contribution < 1.29 is 18.8 Å². The fraction of sp³-hybridized carbons (Fsp3) is 0.522. The molecule has 1 aliphatic rings. The van der Waals surface area contributed by atoms with Gasteiger partial charge in [0.15, 0.2) is 5.76 Å². The van der Waals surface area contributed by atoms with E-state index in [1.807, 2.05) is 17.5 Å². The fourth-order valence-electron chi connectivity index (χ4n) is 3.77. The summed E-state index contributed by atoms with van der Waals surface area (Å²) in [5.41, 5.74) is 0. The third-order valence-electron chi connectivity index (χ3n) is 5.49. The Morgan fingerprint density at radius 3 is 2.58 bits per heavy atom. The molecule has 2 heterocycles. The Bertz CT molecular complexity index is 842. The zero-order chi connectivity index (χ0) is 22.2. The maximum atomic E-state index is 13.3. The Labute approximate surface area is 187 Å². The summed E-state index contributed by atoms with van der Waals surface area (Å²) >= 11 is 1.46. The molecule has 1 aliphatic carbocycles. The molecule has 0 radical (unpaired) electrons. The summed E-state index contributed by atoms with van der Waals surface area (Å²) in [5, 5.41) is 7.67. The van der Waals surface area contributed by atoms with Gasteiger partial charge in [0.25, 0.3) is 5.91 Å². The average Bonchev–Trinajstić information content (AvgIpc) is 3.51. The summed E-state index contributed by atoms with van der Waals surface area (Å²) in [6.45, 7) is 4.41. The number of carbonyl (C=O) groups is 3. The number of carbonyl (C=O) groups excluding carboxylic acids is 3. The molecule has 2 N–H and O–H groups in total. The Balaban J connectivity index is 1.76. The molecule has 8 heteroatoms. The number of amides is 3. The van der Waals surface area contributed by atoms with E-state index >= 15 is 0 Å². The Kier molecular flexibility index (Phi) is 8.28. The number of thiophene rings is 1. The fourth-order valence-corrected chi connectivity index (χ4v) is 4.60. The Hall–Kier alpha value is -2.61. The summed E-state index contributed by atoms with van der Waals surface area (Å²) in [6.07, 6.45) is 6.35. The van der Waals surface area contributed by atoms with Crippen molar-refractivity contribution in [3.63, 3.8) is 0 Å². The van der Waals surface area contributed by atoms with Crippen LogP contribution in [-0.2, 0) is 9.59 Å². The van der Waals surface area contributed by atoms with E-state index in [0.717, 1.165) is 37.0 Å². The van der Waals surface area contributed by atoms with Crippen LogP contribution in [0, 0.1) is 5.92 Å². The number of hydrogen-bond donors (Lipinski definition) is 2. The van der Waals surface area contributed by atoms with Crippen molar-refractivity contribution in [1.29, 1.82) is 0 Å². The lowest BCUT2D eigenvalue weighted by Crippen LogP contribution is -2.49. The SMILES string of the molecule is CC(C)CCN(C(=O)CNC(=O)c1ccco1)[C@@H](C(=O)NC1CCCC1)c1cccs1. The van der Waals surface area contributed by atoms with Crippen LogP contribution >= 0.6 is 11.3 Å². The topological polar surface area (TPSA) is 91.7 Å². The van der Waals surface area contributed by atoms with E-state index in [1.165, 1.54) is 17.6 Å². The average molecular weight is 446 g/mol. The van der Waals surface area contributed by atoms with Crippen LogP contribution in [0.2, 0.25) is 0 Å². The predicted octanol–water partition coefficient (Wildman–Crippen LogP) is 3.75. The molecule has 7 nitrogen and oxygen atoms in total. The second kappa shape index (κ2) is 11.1. The van der Waals surface area contributed by atoms with Gasteiger partial charge in [0, 0.05) is 17.5 Å². The number of furan rings is 1. The lowest BCUT2D eigenvalue weighted by Gasteiger charge is -2.32. The number of nitrogens with zero attached hydrogens (tertiary/aromatic N) is 1. The van der Waals surface area contributed by atoms with Crippen molar-refractivity contribution in [3.05, 3.63) is 46.5 Å². The molecule has 0 spiro atoms. The van der Waals surface area contributed by atoms with Gasteiger partial charge in [0.2, 0.25) is 11.8 Å². The summed E-state index contributed by atoms with van der Waals surface area (Å²) in [7, 11) is 0. The summed E-state index contributed by atoms with van der Waals surface area (Å²) in [4.78, 5) is 41.2. The smallest absolute Gasteiger partial charge is 0.287 e. The zero-order valence-corrected chi connectivity index (χ0v) is 19.0. The second-order valence-electron chi connectivity index (χ2n) is 8.34. The molecule has 2 aromatic heterocycles. The molecule has 0 aromatic carbocycles. The number of rotatable bonds is 10. The molecule has 0 aliphatic heterocycles. The molecule has 2 aromatic rings. The van der Waals surface area contributed by atoms with Crippen molar-refractivity contribution in [2.75, 3.05) is 13.1 Å². The van der Waals surface area contributed by atoms with E-state index < -0.39 is 11.9 Å². The normalized spacial score (nSPS) is 15.1. The highest BCUT2D eigenvalue weighted by Gasteiger charge is 2.33. The monoisotopic (exact) mass is 445 g/mol. The first-order valence-electron chi connectivity index (χ1n) is 10.9. The lowest BCUT2D eigenvalue weighted by molar-refractivity contribution is -0.140. The van der Waals surface area contributed by atoms with Gasteiger partial charge < -0.3 is 20.0 Å². The van der Waals surface area contributed by atoms with E-state index in [4.69, 9.17) is 4.42 Å². The van der Waals surface area contributed by atoms with Crippen molar-refractivity contribution >= 4 is 29.1 Å². The van der Waals surface area contributed by atoms with Crippen molar-refractivity contribution in [3.8, 4) is 0 Å². The Morgan fingerprint density at radius 1 is 1.19 bits per heavy atom. The molecule has 3 rings (SSSR count). The molecule has 3 amide bonds. The maximum absolute atomic E-state index is 13.3. The molecular formula is C23H31N3O4S. The Morgan fingerprint density at radius 2 is 1.97 bits per heavy atom. The standard InChI is InChI=1S/C23H31N3O4S/c1-16(2)11-12-26(20(27)15-24-22(28)18-9-5-13-30-18)21(19-10-6-14-31-19)23(29)25-17-7-3-4-8-17/h5-6,9-10,13-14,16-17,21H,3-4,7-8,11-12,15H2,1-2H3,(H,24,28)(H,25,29)/t21-/m1/s1. The molecular weight excluding hydrogens is 414 g/mol. The first-order valence-corrected chi connectivity index (χ1v) is 11.8. The van der Waals surface area contributed by atoms with E-state index in [-0.39, 0.29) is 30.2 Å². The van der Waals surface area contributed by atoms with Crippen molar-refractivity contribution in [2.24, 2.45) is 5.92 Å². The number of hydrogen-bond acceptors (Lipinski definition) is 5. The zero-order valence-electron chi connectivity index (χ0n) is 18.1. The second-order valence-corrected chi connectivity index (χ2v) is 9.32. The minimum Gasteiger partial charge on any atom is -0.459 e. The van der Waals surface area contributed by atoms with E-state index in [9.17, 15) is 14.4 Å². The van der Waals surface area contributed by atoms with Crippen molar-refractivity contribution in [2.45, 2.75) is 58.0 Å². The first kappa shape index (κ1) is 23.1. The predicted molar refractivity (Wildman–Crippen MR) is 120 cm³/mol. The lowest BCUT2D eigenvalue weighted by atomic mass is 10.1. The molecule has 168 valence electrons. The molecule has 1 saturated carbocycles. The summed E-state index contributed by atoms with van der Waals surface area (Å²) < 4.78 is 5.09. The summed E-state index contributed by atoms with van der Waals surface area (Å²) in [6, 6.07) is 6.40.